The first-order valence-electron chi connectivity index (χ1n) is 9.55. The van der Waals surface area contributed by atoms with E-state index in [4.69, 9.17) is 4.74 Å². The predicted octanol–water partition coefficient (Wildman–Crippen LogP) is 4.79. The second-order valence-corrected chi connectivity index (χ2v) is 7.05. The van der Waals surface area contributed by atoms with Crippen molar-refractivity contribution in [3.63, 3.8) is 0 Å². The van der Waals surface area contributed by atoms with Crippen molar-refractivity contribution in [2.24, 2.45) is 5.10 Å². The van der Waals surface area contributed by atoms with Gasteiger partial charge in [-0.05, 0) is 44.2 Å². The smallest absolute Gasteiger partial charge is 0.416 e. The van der Waals surface area contributed by atoms with Crippen molar-refractivity contribution >= 4 is 17.8 Å². The van der Waals surface area contributed by atoms with Crippen LogP contribution in [0.2, 0.25) is 0 Å². The molecule has 0 bridgehead atoms. The van der Waals surface area contributed by atoms with Gasteiger partial charge in [0.15, 0.2) is 0 Å². The first kappa shape index (κ1) is 23.5. The fraction of sp³-hybridized carbons (Fsp3) is 0.182. The number of aromatic nitrogens is 1. The summed E-state index contributed by atoms with van der Waals surface area (Å²) in [4.78, 5) is 22.7. The molecule has 33 heavy (non-hydrogen) atoms. The number of aryl methyl sites for hydroxylation is 1. The molecule has 11 heteroatoms. The van der Waals surface area contributed by atoms with E-state index in [9.17, 15) is 28.1 Å². The number of non-ortho nitro benzene ring substituents is 1. The van der Waals surface area contributed by atoms with Gasteiger partial charge in [0.25, 0.3) is 11.6 Å². The maximum atomic E-state index is 12.8. The number of hydrogen-bond donors (Lipinski definition) is 1. The van der Waals surface area contributed by atoms with Crippen LogP contribution in [0.3, 0.4) is 0 Å². The van der Waals surface area contributed by atoms with Gasteiger partial charge in [-0.2, -0.15) is 18.3 Å². The Morgan fingerprint density at radius 3 is 2.55 bits per heavy atom. The minimum atomic E-state index is -4.56. The van der Waals surface area contributed by atoms with Crippen molar-refractivity contribution in [2.75, 3.05) is 7.11 Å². The Balaban J connectivity index is 1.84. The van der Waals surface area contributed by atoms with E-state index < -0.39 is 22.6 Å². The van der Waals surface area contributed by atoms with Gasteiger partial charge in [0.05, 0.1) is 35.6 Å². The van der Waals surface area contributed by atoms with Crippen molar-refractivity contribution in [3.8, 4) is 11.4 Å². The first-order valence-corrected chi connectivity index (χ1v) is 9.55. The molecule has 3 aromatic rings. The molecule has 1 amide bonds. The number of carbonyl (C=O) groups is 1. The number of nitrogens with zero attached hydrogens (tertiary/aromatic N) is 3. The maximum absolute atomic E-state index is 12.8. The zero-order valence-corrected chi connectivity index (χ0v) is 17.8. The standard InChI is InChI=1S/C22H19F3N4O4/c1-13-9-16(12-26-27-21(30)15-5-4-6-17(10-15)22(23,24)25)14(2)28(13)19-8-7-18(29(31)32)11-20(19)33-3/h4-12H,1-3H3,(H,27,30). The van der Waals surface area contributed by atoms with E-state index in [1.807, 2.05) is 6.92 Å². The predicted molar refractivity (Wildman–Crippen MR) is 115 cm³/mol. The van der Waals surface area contributed by atoms with E-state index in [1.54, 1.807) is 23.6 Å². The number of nitrogens with one attached hydrogen (secondary N) is 1. The molecule has 8 nitrogen and oxygen atoms in total. The Morgan fingerprint density at radius 2 is 1.91 bits per heavy atom. The highest BCUT2D eigenvalue weighted by Crippen LogP contribution is 2.31. The van der Waals surface area contributed by atoms with Crippen LogP contribution in [0.4, 0.5) is 18.9 Å². The number of hydrazone groups is 1. The normalized spacial score (nSPS) is 11.6. The van der Waals surface area contributed by atoms with Gasteiger partial charge in [0, 0.05) is 28.6 Å². The summed E-state index contributed by atoms with van der Waals surface area (Å²) in [7, 11) is 1.41. The number of ether oxygens (including phenoxy) is 1. The highest BCUT2D eigenvalue weighted by molar-refractivity contribution is 5.95. The number of benzene rings is 2. The molecule has 0 unspecified atom stereocenters. The minimum absolute atomic E-state index is 0.114. The zero-order valence-electron chi connectivity index (χ0n) is 17.8. The summed E-state index contributed by atoms with van der Waals surface area (Å²) in [6.07, 6.45) is -3.20. The number of carbonyl (C=O) groups excluding carboxylic acids is 1. The molecule has 1 N–H and O–H groups in total. The average Bonchev–Trinajstić information content (AvgIpc) is 3.05. The molecule has 0 aliphatic heterocycles. The lowest BCUT2D eigenvalue weighted by atomic mass is 10.1. The zero-order chi connectivity index (χ0) is 24.3. The number of halogens is 3. The summed E-state index contributed by atoms with van der Waals surface area (Å²) < 4.78 is 45.6. The molecular formula is C22H19F3N4O4. The average molecular weight is 460 g/mol. The summed E-state index contributed by atoms with van der Waals surface area (Å²) in [6, 6.07) is 10.0. The van der Waals surface area contributed by atoms with E-state index in [0.717, 1.165) is 23.9 Å². The van der Waals surface area contributed by atoms with Crippen LogP contribution in [0, 0.1) is 24.0 Å². The maximum Gasteiger partial charge on any atom is 0.416 e. The van der Waals surface area contributed by atoms with Crippen molar-refractivity contribution in [2.45, 2.75) is 20.0 Å². The van der Waals surface area contributed by atoms with Gasteiger partial charge < -0.3 is 9.30 Å². The Labute approximate surface area is 186 Å². The lowest BCUT2D eigenvalue weighted by Gasteiger charge is -2.13. The molecule has 0 radical (unpaired) electrons. The Hall–Kier alpha value is -4.15. The van der Waals surface area contributed by atoms with Gasteiger partial charge in [-0.15, -0.1) is 0 Å². The fourth-order valence-corrected chi connectivity index (χ4v) is 3.32. The number of rotatable bonds is 6. The number of nitro groups is 1. The van der Waals surface area contributed by atoms with E-state index in [2.05, 4.69) is 10.5 Å². The van der Waals surface area contributed by atoms with Crippen molar-refractivity contribution < 1.29 is 27.6 Å². The van der Waals surface area contributed by atoms with Gasteiger partial charge >= 0.3 is 6.18 Å². The molecule has 172 valence electrons. The number of alkyl halides is 3. The van der Waals surface area contributed by atoms with Crippen LogP contribution in [0.25, 0.3) is 5.69 Å². The van der Waals surface area contributed by atoms with Gasteiger partial charge in [-0.3, -0.25) is 14.9 Å². The molecule has 3 rings (SSSR count). The summed E-state index contributed by atoms with van der Waals surface area (Å²) in [5.74, 6) is -0.490. The lowest BCUT2D eigenvalue weighted by molar-refractivity contribution is -0.384. The van der Waals surface area contributed by atoms with Crippen molar-refractivity contribution in [1.82, 2.24) is 9.99 Å². The van der Waals surface area contributed by atoms with E-state index in [0.29, 0.717) is 22.7 Å². The largest absolute Gasteiger partial charge is 0.494 e. The number of amides is 1. The second kappa shape index (κ2) is 9.15. The molecule has 0 aliphatic carbocycles. The third-order valence-corrected chi connectivity index (χ3v) is 4.91. The van der Waals surface area contributed by atoms with E-state index >= 15 is 0 Å². The number of methoxy groups -OCH3 is 1. The monoisotopic (exact) mass is 460 g/mol. The molecular weight excluding hydrogens is 441 g/mol. The highest BCUT2D eigenvalue weighted by Gasteiger charge is 2.30. The molecule has 0 spiro atoms. The van der Waals surface area contributed by atoms with Gasteiger partial charge in [0.1, 0.15) is 5.75 Å². The second-order valence-electron chi connectivity index (χ2n) is 7.05. The fourth-order valence-electron chi connectivity index (χ4n) is 3.32. The topological polar surface area (TPSA) is 98.8 Å². The van der Waals surface area contributed by atoms with E-state index in [-0.39, 0.29) is 11.3 Å². The molecule has 0 fully saturated rings. The van der Waals surface area contributed by atoms with Crippen LogP contribution >= 0.6 is 0 Å². The highest BCUT2D eigenvalue weighted by atomic mass is 19.4. The lowest BCUT2D eigenvalue weighted by Crippen LogP contribution is -2.18. The minimum Gasteiger partial charge on any atom is -0.494 e. The summed E-state index contributed by atoms with van der Waals surface area (Å²) >= 11 is 0. The molecule has 1 heterocycles. The van der Waals surface area contributed by atoms with Crippen molar-refractivity contribution in [3.05, 3.63) is 86.7 Å². The Kier molecular flexibility index (Phi) is 6.52. The van der Waals surface area contributed by atoms with Crippen molar-refractivity contribution in [1.29, 1.82) is 0 Å². The van der Waals surface area contributed by atoms with Crippen LogP contribution < -0.4 is 10.2 Å². The van der Waals surface area contributed by atoms with Crippen LogP contribution in [0.1, 0.15) is 32.9 Å². The Morgan fingerprint density at radius 1 is 1.18 bits per heavy atom. The van der Waals surface area contributed by atoms with Crippen LogP contribution in [-0.2, 0) is 6.18 Å². The van der Waals surface area contributed by atoms with Crippen LogP contribution in [-0.4, -0.2) is 28.7 Å². The van der Waals surface area contributed by atoms with Crippen LogP contribution in [0.15, 0.2) is 53.6 Å². The Bertz CT molecular complexity index is 1250. The third-order valence-electron chi connectivity index (χ3n) is 4.91. The molecule has 0 saturated carbocycles. The third kappa shape index (κ3) is 5.03. The number of hydrogen-bond acceptors (Lipinski definition) is 5. The first-order chi connectivity index (χ1) is 15.5. The number of nitro benzene ring substituents is 1. The van der Waals surface area contributed by atoms with Gasteiger partial charge in [-0.25, -0.2) is 5.43 Å². The molecule has 0 aliphatic rings. The molecule has 1 aromatic heterocycles. The summed E-state index contributed by atoms with van der Waals surface area (Å²) in [5, 5.41) is 14.9. The molecule has 2 aromatic carbocycles. The summed E-state index contributed by atoms with van der Waals surface area (Å²) in [5.41, 5.74) is 3.67. The van der Waals surface area contributed by atoms with Gasteiger partial charge in [-0.1, -0.05) is 6.07 Å². The SMILES string of the molecule is COc1cc([N+](=O)[O-])ccc1-n1c(C)cc(C=NNC(=O)c2cccc(C(F)(F)F)c2)c1C. The van der Waals surface area contributed by atoms with Crippen LogP contribution in [0.5, 0.6) is 5.75 Å². The summed E-state index contributed by atoms with van der Waals surface area (Å²) in [6.45, 7) is 3.59. The molecule has 0 atom stereocenters. The molecule has 0 saturated heterocycles. The van der Waals surface area contributed by atoms with E-state index in [1.165, 1.54) is 31.5 Å². The quantitative estimate of drug-likeness (QED) is 0.325. The van der Waals surface area contributed by atoms with Gasteiger partial charge in [0.2, 0.25) is 0 Å².